The maximum Gasteiger partial charge on any atom is 0.202 e. The second-order valence-electron chi connectivity index (χ2n) is 4.82. The molecule has 3 nitrogen and oxygen atoms in total. The molecule has 0 radical (unpaired) electrons. The lowest BCUT2D eigenvalue weighted by Gasteiger charge is -2.07. The molecule has 0 N–H and O–H groups in total. The van der Waals surface area contributed by atoms with Crippen LogP contribution in [0.25, 0.3) is 0 Å². The van der Waals surface area contributed by atoms with Crippen LogP contribution < -0.4 is 4.74 Å². The molecule has 2 aromatic rings. The number of Topliss-reactive ketones (excluding diaryl/α,β-unsaturated/α-hetero) is 1. The average Bonchev–Trinajstić information content (AvgIpc) is 2.74. The summed E-state index contributed by atoms with van der Waals surface area (Å²) in [5, 5.41) is -0.0240. The van der Waals surface area contributed by atoms with Gasteiger partial charge in [-0.2, -0.15) is 0 Å². The van der Waals surface area contributed by atoms with Gasteiger partial charge in [-0.3, -0.25) is 4.79 Å². The largest absolute Gasteiger partial charge is 0.485 e. The first-order valence-corrected chi connectivity index (χ1v) is 7.09. The van der Waals surface area contributed by atoms with Gasteiger partial charge in [-0.1, -0.05) is 11.6 Å². The van der Waals surface area contributed by atoms with Crippen molar-refractivity contribution in [1.29, 1.82) is 0 Å². The number of hydrogen-bond acceptors (Lipinski definition) is 2. The number of aromatic nitrogens is 1. The molecule has 0 amide bonds. The van der Waals surface area contributed by atoms with Crippen molar-refractivity contribution in [2.24, 2.45) is 0 Å². The highest BCUT2D eigenvalue weighted by Crippen LogP contribution is 2.22. The Morgan fingerprint density at radius 1 is 1.33 bits per heavy atom. The van der Waals surface area contributed by atoms with E-state index in [1.807, 2.05) is 26.8 Å². The van der Waals surface area contributed by atoms with Gasteiger partial charge in [0.1, 0.15) is 11.6 Å². The summed E-state index contributed by atoms with van der Waals surface area (Å²) in [6.45, 7) is 6.63. The smallest absolute Gasteiger partial charge is 0.202 e. The predicted molar refractivity (Wildman–Crippen MR) is 80.8 cm³/mol. The molecule has 0 saturated carbocycles. The number of ether oxygens (including phenoxy) is 1. The fourth-order valence-electron chi connectivity index (χ4n) is 2.36. The molecule has 1 aromatic heterocycles. The summed E-state index contributed by atoms with van der Waals surface area (Å²) in [6, 6.07) is 5.89. The Morgan fingerprint density at radius 2 is 2.05 bits per heavy atom. The normalized spacial score (nSPS) is 10.7. The number of hydrogen-bond donors (Lipinski definition) is 0. The lowest BCUT2D eigenvalue weighted by Crippen LogP contribution is -2.13. The summed E-state index contributed by atoms with van der Waals surface area (Å²) in [5.74, 6) is -0.246. The van der Waals surface area contributed by atoms with Crippen LogP contribution in [0.5, 0.6) is 5.75 Å². The maximum absolute atomic E-state index is 13.0. The lowest BCUT2D eigenvalue weighted by molar-refractivity contribution is 0.0921. The van der Waals surface area contributed by atoms with E-state index in [2.05, 4.69) is 4.57 Å². The van der Waals surface area contributed by atoms with Crippen LogP contribution in [0, 0.1) is 19.7 Å². The topological polar surface area (TPSA) is 31.2 Å². The van der Waals surface area contributed by atoms with Crippen molar-refractivity contribution in [2.75, 3.05) is 6.61 Å². The van der Waals surface area contributed by atoms with E-state index in [4.69, 9.17) is 16.3 Å². The molecule has 0 bridgehead atoms. The predicted octanol–water partition coefficient (Wildman–Crippen LogP) is 4.18. The van der Waals surface area contributed by atoms with Crippen molar-refractivity contribution >= 4 is 17.4 Å². The molecule has 0 unspecified atom stereocenters. The quantitative estimate of drug-likeness (QED) is 0.776. The summed E-state index contributed by atoms with van der Waals surface area (Å²) >= 11 is 5.67. The van der Waals surface area contributed by atoms with Crippen molar-refractivity contribution in [3.05, 3.63) is 52.1 Å². The zero-order chi connectivity index (χ0) is 15.6. The van der Waals surface area contributed by atoms with E-state index >= 15 is 0 Å². The third-order valence-corrected chi connectivity index (χ3v) is 3.74. The summed E-state index contributed by atoms with van der Waals surface area (Å²) in [7, 11) is 0. The number of carbonyl (C=O) groups is 1. The van der Waals surface area contributed by atoms with E-state index in [0.717, 1.165) is 17.9 Å². The number of carbonyl (C=O) groups excluding carboxylic acids is 1. The molecule has 0 atom stereocenters. The summed E-state index contributed by atoms with van der Waals surface area (Å²) < 4.78 is 20.5. The zero-order valence-corrected chi connectivity index (χ0v) is 13.0. The minimum Gasteiger partial charge on any atom is -0.485 e. The summed E-state index contributed by atoms with van der Waals surface area (Å²) in [6.07, 6.45) is 0. The van der Waals surface area contributed by atoms with Gasteiger partial charge in [0.15, 0.2) is 6.61 Å². The summed E-state index contributed by atoms with van der Waals surface area (Å²) in [4.78, 5) is 12.2. The Hall–Kier alpha value is -1.81. The number of rotatable bonds is 5. The highest BCUT2D eigenvalue weighted by atomic mass is 35.5. The first-order chi connectivity index (χ1) is 9.93. The average molecular weight is 310 g/mol. The number of halogens is 2. The molecule has 1 heterocycles. The van der Waals surface area contributed by atoms with Gasteiger partial charge in [-0.15, -0.1) is 0 Å². The molecule has 0 aliphatic rings. The number of aryl methyl sites for hydroxylation is 1. The van der Waals surface area contributed by atoms with Crippen LogP contribution in [0.15, 0.2) is 24.3 Å². The van der Waals surface area contributed by atoms with Crippen LogP contribution in [0.1, 0.15) is 28.7 Å². The molecule has 112 valence electrons. The van der Waals surface area contributed by atoms with E-state index in [9.17, 15) is 9.18 Å². The minimum absolute atomic E-state index is 0.0240. The number of benzene rings is 1. The molecule has 21 heavy (non-hydrogen) atoms. The Balaban J connectivity index is 2.10. The van der Waals surface area contributed by atoms with E-state index in [1.54, 1.807) is 0 Å². The van der Waals surface area contributed by atoms with Gasteiger partial charge in [0.2, 0.25) is 5.78 Å². The van der Waals surface area contributed by atoms with E-state index < -0.39 is 5.82 Å². The third kappa shape index (κ3) is 3.27. The fraction of sp³-hybridized carbons (Fsp3) is 0.312. The van der Waals surface area contributed by atoms with Gasteiger partial charge in [-0.05, 0) is 39.0 Å². The standard InChI is InChI=1S/C16H17ClFNO2/c1-4-19-10(2)7-13(11(19)3)16(20)9-21-12-5-6-15(18)14(17)8-12/h5-8H,4,9H2,1-3H3. The van der Waals surface area contributed by atoms with Gasteiger partial charge in [-0.25, -0.2) is 4.39 Å². The van der Waals surface area contributed by atoms with Crippen molar-refractivity contribution < 1.29 is 13.9 Å². The Kier molecular flexibility index (Phi) is 4.68. The van der Waals surface area contributed by atoms with Crippen LogP contribution in [0.2, 0.25) is 5.02 Å². The van der Waals surface area contributed by atoms with Crippen LogP contribution in [-0.4, -0.2) is 17.0 Å². The van der Waals surface area contributed by atoms with Crippen LogP contribution in [0.4, 0.5) is 4.39 Å². The number of ketones is 1. The van der Waals surface area contributed by atoms with Crippen molar-refractivity contribution in [1.82, 2.24) is 4.57 Å². The molecule has 0 aliphatic heterocycles. The molecule has 5 heteroatoms. The third-order valence-electron chi connectivity index (χ3n) is 3.45. The molecule has 0 spiro atoms. The van der Waals surface area contributed by atoms with Gasteiger partial charge >= 0.3 is 0 Å². The van der Waals surface area contributed by atoms with Crippen LogP contribution >= 0.6 is 11.6 Å². The van der Waals surface area contributed by atoms with Crippen LogP contribution in [0.3, 0.4) is 0 Å². The molecular formula is C16H17ClFNO2. The fourth-order valence-corrected chi connectivity index (χ4v) is 2.53. The Bertz CT molecular complexity index is 679. The monoisotopic (exact) mass is 309 g/mol. The zero-order valence-electron chi connectivity index (χ0n) is 12.2. The lowest BCUT2D eigenvalue weighted by atomic mass is 10.1. The first kappa shape index (κ1) is 15.6. The minimum atomic E-state index is -0.512. The van der Waals surface area contributed by atoms with Gasteiger partial charge in [0, 0.05) is 29.6 Å². The van der Waals surface area contributed by atoms with Crippen LogP contribution in [-0.2, 0) is 6.54 Å². The second kappa shape index (κ2) is 6.31. The SMILES string of the molecule is CCn1c(C)cc(C(=O)COc2ccc(F)c(Cl)c2)c1C. The molecule has 1 aromatic carbocycles. The van der Waals surface area contributed by atoms with Gasteiger partial charge in [0.05, 0.1) is 5.02 Å². The Morgan fingerprint density at radius 3 is 2.62 bits per heavy atom. The first-order valence-electron chi connectivity index (χ1n) is 6.71. The molecule has 0 saturated heterocycles. The molecule has 2 rings (SSSR count). The molecule has 0 fully saturated rings. The second-order valence-corrected chi connectivity index (χ2v) is 5.22. The maximum atomic E-state index is 13.0. The van der Waals surface area contributed by atoms with Gasteiger partial charge in [0.25, 0.3) is 0 Å². The summed E-state index contributed by atoms with van der Waals surface area (Å²) in [5.41, 5.74) is 2.63. The van der Waals surface area contributed by atoms with Gasteiger partial charge < -0.3 is 9.30 Å². The van der Waals surface area contributed by atoms with E-state index in [-0.39, 0.29) is 17.4 Å². The number of nitrogens with zero attached hydrogens (tertiary/aromatic N) is 1. The molecular weight excluding hydrogens is 293 g/mol. The molecule has 0 aliphatic carbocycles. The Labute approximate surface area is 128 Å². The highest BCUT2D eigenvalue weighted by Gasteiger charge is 2.15. The van der Waals surface area contributed by atoms with Crippen molar-refractivity contribution in [3.63, 3.8) is 0 Å². The van der Waals surface area contributed by atoms with Crippen molar-refractivity contribution in [2.45, 2.75) is 27.3 Å². The highest BCUT2D eigenvalue weighted by molar-refractivity contribution is 6.30. The van der Waals surface area contributed by atoms with E-state index in [1.165, 1.54) is 18.2 Å². The van der Waals surface area contributed by atoms with E-state index in [0.29, 0.717) is 11.3 Å². The van der Waals surface area contributed by atoms with Crippen molar-refractivity contribution in [3.8, 4) is 5.75 Å².